The second kappa shape index (κ2) is 5.64. The third-order valence-corrected chi connectivity index (χ3v) is 2.90. The van der Waals surface area contributed by atoms with Crippen LogP contribution in [0.2, 0.25) is 0 Å². The lowest BCUT2D eigenvalue weighted by Crippen LogP contribution is -2.31. The standard InChI is InChI=1S/C13H16N2O3/c1-18-8-7-11-12(16)15(13(17)14-11)9-10-5-3-2-4-6-10/h2-6,11H,7-9H2,1H3,(H,14,17). The van der Waals surface area contributed by atoms with Gasteiger partial charge in [0.05, 0.1) is 6.54 Å². The number of nitrogens with one attached hydrogen (secondary N) is 1. The number of hydrogen-bond acceptors (Lipinski definition) is 3. The molecule has 1 aromatic carbocycles. The molecule has 1 atom stereocenters. The van der Waals surface area contributed by atoms with Crippen molar-refractivity contribution in [2.75, 3.05) is 13.7 Å². The van der Waals surface area contributed by atoms with Crippen LogP contribution in [0.1, 0.15) is 12.0 Å². The summed E-state index contributed by atoms with van der Waals surface area (Å²) in [5, 5.41) is 2.67. The molecule has 0 radical (unpaired) electrons. The van der Waals surface area contributed by atoms with Crippen LogP contribution in [0.25, 0.3) is 0 Å². The van der Waals surface area contributed by atoms with Gasteiger partial charge < -0.3 is 10.1 Å². The van der Waals surface area contributed by atoms with Crippen LogP contribution in [0.5, 0.6) is 0 Å². The van der Waals surface area contributed by atoms with Gasteiger partial charge >= 0.3 is 6.03 Å². The van der Waals surface area contributed by atoms with E-state index in [1.165, 1.54) is 4.90 Å². The predicted molar refractivity (Wildman–Crippen MR) is 65.8 cm³/mol. The highest BCUT2D eigenvalue weighted by Crippen LogP contribution is 2.13. The fourth-order valence-corrected chi connectivity index (χ4v) is 1.92. The van der Waals surface area contributed by atoms with Gasteiger partial charge in [0.2, 0.25) is 0 Å². The lowest BCUT2D eigenvalue weighted by atomic mass is 10.2. The Kier molecular flexibility index (Phi) is 3.94. The van der Waals surface area contributed by atoms with E-state index in [1.807, 2.05) is 30.3 Å². The van der Waals surface area contributed by atoms with Crippen LogP contribution < -0.4 is 5.32 Å². The number of methoxy groups -OCH3 is 1. The molecule has 96 valence electrons. The van der Waals surface area contributed by atoms with E-state index >= 15 is 0 Å². The molecule has 1 fully saturated rings. The molecule has 1 heterocycles. The molecule has 0 spiro atoms. The molecule has 5 nitrogen and oxygen atoms in total. The Morgan fingerprint density at radius 1 is 1.28 bits per heavy atom. The summed E-state index contributed by atoms with van der Waals surface area (Å²) in [6.07, 6.45) is 0.506. The summed E-state index contributed by atoms with van der Waals surface area (Å²) in [6.45, 7) is 0.769. The number of carbonyl (C=O) groups excluding carboxylic acids is 2. The summed E-state index contributed by atoms with van der Waals surface area (Å²) in [7, 11) is 1.57. The fourth-order valence-electron chi connectivity index (χ4n) is 1.92. The highest BCUT2D eigenvalue weighted by molar-refractivity contribution is 6.04. The van der Waals surface area contributed by atoms with Gasteiger partial charge in [-0.05, 0) is 5.56 Å². The maximum Gasteiger partial charge on any atom is 0.325 e. The molecule has 18 heavy (non-hydrogen) atoms. The zero-order valence-electron chi connectivity index (χ0n) is 10.3. The third kappa shape index (κ3) is 2.68. The number of amides is 3. The van der Waals surface area contributed by atoms with Gasteiger partial charge in [-0.1, -0.05) is 30.3 Å². The minimum absolute atomic E-state index is 0.180. The second-order valence-electron chi connectivity index (χ2n) is 4.19. The normalized spacial score (nSPS) is 19.2. The molecule has 0 aliphatic carbocycles. The summed E-state index contributed by atoms with van der Waals surface area (Å²) < 4.78 is 4.92. The first-order chi connectivity index (χ1) is 8.72. The molecule has 1 unspecified atom stereocenters. The van der Waals surface area contributed by atoms with Crippen molar-refractivity contribution in [1.82, 2.24) is 10.2 Å². The van der Waals surface area contributed by atoms with E-state index in [2.05, 4.69) is 5.32 Å². The number of imide groups is 1. The van der Waals surface area contributed by atoms with Gasteiger partial charge in [-0.15, -0.1) is 0 Å². The lowest BCUT2D eigenvalue weighted by molar-refractivity contribution is -0.128. The SMILES string of the molecule is COCCC1NC(=O)N(Cc2ccccc2)C1=O. The lowest BCUT2D eigenvalue weighted by Gasteiger charge is -2.12. The summed E-state index contributed by atoms with van der Waals surface area (Å²) in [4.78, 5) is 25.0. The molecule has 1 saturated heterocycles. The van der Waals surface area contributed by atoms with E-state index in [-0.39, 0.29) is 11.9 Å². The molecule has 0 aromatic heterocycles. The number of benzene rings is 1. The van der Waals surface area contributed by atoms with Crippen molar-refractivity contribution >= 4 is 11.9 Å². The summed E-state index contributed by atoms with van der Waals surface area (Å²) in [5.74, 6) is -0.180. The van der Waals surface area contributed by atoms with Gasteiger partial charge in [0, 0.05) is 20.1 Å². The van der Waals surface area contributed by atoms with Crippen LogP contribution >= 0.6 is 0 Å². The average molecular weight is 248 g/mol. The van der Waals surface area contributed by atoms with Gasteiger partial charge in [-0.2, -0.15) is 0 Å². The van der Waals surface area contributed by atoms with Crippen molar-refractivity contribution in [3.8, 4) is 0 Å². The fraction of sp³-hybridized carbons (Fsp3) is 0.385. The zero-order chi connectivity index (χ0) is 13.0. The largest absolute Gasteiger partial charge is 0.385 e. The molecule has 0 saturated carbocycles. The molecule has 1 aliphatic heterocycles. The van der Waals surface area contributed by atoms with Crippen molar-refractivity contribution < 1.29 is 14.3 Å². The molecule has 2 rings (SSSR count). The highest BCUT2D eigenvalue weighted by atomic mass is 16.5. The molecule has 1 N–H and O–H groups in total. The van der Waals surface area contributed by atoms with Crippen LogP contribution in [0.4, 0.5) is 4.79 Å². The Balaban J connectivity index is 2.01. The summed E-state index contributed by atoms with van der Waals surface area (Å²) >= 11 is 0. The Hall–Kier alpha value is -1.88. The maximum atomic E-state index is 12.0. The van der Waals surface area contributed by atoms with E-state index < -0.39 is 6.04 Å². The smallest absolute Gasteiger partial charge is 0.325 e. The Morgan fingerprint density at radius 3 is 2.67 bits per heavy atom. The van der Waals surface area contributed by atoms with Crippen LogP contribution in [-0.4, -0.2) is 36.6 Å². The van der Waals surface area contributed by atoms with Gasteiger partial charge in [-0.3, -0.25) is 9.69 Å². The van der Waals surface area contributed by atoms with E-state index in [4.69, 9.17) is 4.74 Å². The van der Waals surface area contributed by atoms with Crippen LogP contribution in [0.3, 0.4) is 0 Å². The number of rotatable bonds is 5. The number of nitrogens with zero attached hydrogens (tertiary/aromatic N) is 1. The monoisotopic (exact) mass is 248 g/mol. The van der Waals surface area contributed by atoms with E-state index in [1.54, 1.807) is 7.11 Å². The predicted octanol–water partition coefficient (Wildman–Crippen LogP) is 1.14. The van der Waals surface area contributed by atoms with E-state index in [0.29, 0.717) is 19.6 Å². The number of urea groups is 1. The average Bonchev–Trinajstić information content (AvgIpc) is 2.65. The highest BCUT2D eigenvalue weighted by Gasteiger charge is 2.37. The summed E-state index contributed by atoms with van der Waals surface area (Å²) in [6, 6.07) is 8.67. The van der Waals surface area contributed by atoms with Crippen molar-refractivity contribution in [2.45, 2.75) is 19.0 Å². The number of carbonyl (C=O) groups is 2. The van der Waals surface area contributed by atoms with Crippen molar-refractivity contribution in [2.24, 2.45) is 0 Å². The minimum Gasteiger partial charge on any atom is -0.385 e. The molecule has 5 heteroatoms. The van der Waals surface area contributed by atoms with Crippen molar-refractivity contribution in [3.63, 3.8) is 0 Å². The van der Waals surface area contributed by atoms with Crippen molar-refractivity contribution in [3.05, 3.63) is 35.9 Å². The minimum atomic E-state index is -0.457. The second-order valence-corrected chi connectivity index (χ2v) is 4.19. The molecule has 3 amide bonds. The molecule has 0 bridgehead atoms. The van der Waals surface area contributed by atoms with E-state index in [0.717, 1.165) is 5.56 Å². The molecular weight excluding hydrogens is 232 g/mol. The summed E-state index contributed by atoms with van der Waals surface area (Å²) in [5.41, 5.74) is 0.938. The van der Waals surface area contributed by atoms with Gasteiger partial charge in [0.25, 0.3) is 5.91 Å². The Labute approximate surface area is 106 Å². The van der Waals surface area contributed by atoms with Gasteiger partial charge in [0.15, 0.2) is 0 Å². The first kappa shape index (κ1) is 12.6. The first-order valence-corrected chi connectivity index (χ1v) is 5.87. The molecular formula is C13H16N2O3. The number of hydrogen-bond donors (Lipinski definition) is 1. The van der Waals surface area contributed by atoms with Crippen molar-refractivity contribution in [1.29, 1.82) is 0 Å². The van der Waals surface area contributed by atoms with Crippen LogP contribution in [-0.2, 0) is 16.1 Å². The van der Waals surface area contributed by atoms with E-state index in [9.17, 15) is 9.59 Å². The number of ether oxygens (including phenoxy) is 1. The van der Waals surface area contributed by atoms with Gasteiger partial charge in [0.1, 0.15) is 6.04 Å². The van der Waals surface area contributed by atoms with Crippen LogP contribution in [0, 0.1) is 0 Å². The topological polar surface area (TPSA) is 58.6 Å². The zero-order valence-corrected chi connectivity index (χ0v) is 10.3. The maximum absolute atomic E-state index is 12.0. The molecule has 1 aliphatic rings. The quantitative estimate of drug-likeness (QED) is 0.795. The third-order valence-electron chi connectivity index (χ3n) is 2.90. The first-order valence-electron chi connectivity index (χ1n) is 5.87. The Morgan fingerprint density at radius 2 is 2.00 bits per heavy atom. The van der Waals surface area contributed by atoms with Gasteiger partial charge in [-0.25, -0.2) is 4.79 Å². The van der Waals surface area contributed by atoms with Crippen LogP contribution in [0.15, 0.2) is 30.3 Å². The Bertz CT molecular complexity index is 433. The molecule has 1 aromatic rings.